The predicted molar refractivity (Wildman–Crippen MR) is 100.0 cm³/mol. The molecule has 0 aliphatic rings. The highest BCUT2D eigenvalue weighted by molar-refractivity contribution is 6.35. The van der Waals surface area contributed by atoms with E-state index in [4.69, 9.17) is 23.2 Å². The molecular weight excluding hydrogens is 380 g/mol. The second-order valence-electron chi connectivity index (χ2n) is 5.88. The molecule has 1 atom stereocenters. The smallest absolute Gasteiger partial charge is 0.275 e. The van der Waals surface area contributed by atoms with Crippen molar-refractivity contribution in [1.82, 2.24) is 5.32 Å². The summed E-state index contributed by atoms with van der Waals surface area (Å²) in [5.41, 5.74) is 1.35. The third-order valence-corrected chi connectivity index (χ3v) is 4.13. The molecule has 2 aromatic rings. The van der Waals surface area contributed by atoms with E-state index in [-0.39, 0.29) is 30.7 Å². The Bertz CT molecular complexity index is 785. The Morgan fingerprint density at radius 1 is 1.08 bits per heavy atom. The van der Waals surface area contributed by atoms with Gasteiger partial charge in [-0.25, -0.2) is 4.39 Å². The maximum Gasteiger partial charge on any atom is 0.275 e. The number of carbonyl (C=O) groups excluding carboxylic acids is 2. The van der Waals surface area contributed by atoms with Gasteiger partial charge in [-0.1, -0.05) is 29.3 Å². The number of rotatable bonds is 7. The van der Waals surface area contributed by atoms with Crippen LogP contribution in [0.1, 0.15) is 5.56 Å². The van der Waals surface area contributed by atoms with Crippen LogP contribution in [0.25, 0.3) is 0 Å². The monoisotopic (exact) mass is 398 g/mol. The summed E-state index contributed by atoms with van der Waals surface area (Å²) in [5, 5.41) is 6.24. The van der Waals surface area contributed by atoms with Crippen molar-refractivity contribution >= 4 is 40.7 Å². The first-order chi connectivity index (χ1) is 12.3. The number of hydrogen-bond donors (Lipinski definition) is 3. The Balaban J connectivity index is 1.75. The molecule has 0 fully saturated rings. The van der Waals surface area contributed by atoms with Gasteiger partial charge in [0, 0.05) is 16.3 Å². The summed E-state index contributed by atoms with van der Waals surface area (Å²) >= 11 is 12.0. The van der Waals surface area contributed by atoms with E-state index in [0.29, 0.717) is 22.3 Å². The van der Waals surface area contributed by atoms with Crippen molar-refractivity contribution in [3.05, 3.63) is 63.9 Å². The van der Waals surface area contributed by atoms with Crippen LogP contribution < -0.4 is 15.5 Å². The number of hydrogen-bond acceptors (Lipinski definition) is 2. The van der Waals surface area contributed by atoms with E-state index in [9.17, 15) is 14.0 Å². The minimum absolute atomic E-state index is 0.162. The molecule has 0 saturated heterocycles. The molecule has 8 heteroatoms. The second kappa shape index (κ2) is 9.52. The van der Waals surface area contributed by atoms with E-state index in [1.165, 1.54) is 24.3 Å². The van der Waals surface area contributed by atoms with Crippen molar-refractivity contribution in [3.8, 4) is 0 Å². The summed E-state index contributed by atoms with van der Waals surface area (Å²) in [7, 11) is 1.85. The third kappa shape index (κ3) is 6.63. The van der Waals surface area contributed by atoms with Gasteiger partial charge in [0.05, 0.1) is 18.6 Å². The van der Waals surface area contributed by atoms with Crippen molar-refractivity contribution in [2.45, 2.75) is 6.54 Å². The summed E-state index contributed by atoms with van der Waals surface area (Å²) in [5.74, 6) is -1.03. The molecule has 26 heavy (non-hydrogen) atoms. The SMILES string of the molecule is C[NH+](CC(=O)NCC(=O)Nc1ccc(F)cc1)Cc1ccc(Cl)cc1Cl. The van der Waals surface area contributed by atoms with E-state index in [0.717, 1.165) is 10.5 Å². The highest BCUT2D eigenvalue weighted by Gasteiger charge is 2.13. The molecule has 0 bridgehead atoms. The average molecular weight is 399 g/mol. The van der Waals surface area contributed by atoms with Crippen LogP contribution in [-0.4, -0.2) is 32.0 Å². The lowest BCUT2D eigenvalue weighted by Crippen LogP contribution is -3.08. The first kappa shape index (κ1) is 20.2. The molecule has 0 heterocycles. The van der Waals surface area contributed by atoms with E-state index in [1.807, 2.05) is 13.1 Å². The van der Waals surface area contributed by atoms with Gasteiger partial charge >= 0.3 is 0 Å². The van der Waals surface area contributed by atoms with Crippen molar-refractivity contribution < 1.29 is 18.9 Å². The Morgan fingerprint density at radius 2 is 1.77 bits per heavy atom. The van der Waals surface area contributed by atoms with Crippen LogP contribution >= 0.6 is 23.2 Å². The quantitative estimate of drug-likeness (QED) is 0.666. The lowest BCUT2D eigenvalue weighted by atomic mass is 10.2. The fourth-order valence-electron chi connectivity index (χ4n) is 2.31. The molecule has 0 aliphatic carbocycles. The lowest BCUT2D eigenvalue weighted by Gasteiger charge is -2.15. The number of halogens is 3. The zero-order valence-electron chi connectivity index (χ0n) is 14.1. The topological polar surface area (TPSA) is 62.6 Å². The maximum atomic E-state index is 12.8. The lowest BCUT2D eigenvalue weighted by molar-refractivity contribution is -0.885. The molecule has 0 spiro atoms. The normalized spacial score (nSPS) is 11.7. The van der Waals surface area contributed by atoms with E-state index >= 15 is 0 Å². The first-order valence-electron chi connectivity index (χ1n) is 7.91. The molecule has 0 aliphatic heterocycles. The fourth-order valence-corrected chi connectivity index (χ4v) is 2.78. The number of quaternary nitrogens is 1. The summed E-state index contributed by atoms with van der Waals surface area (Å²) in [4.78, 5) is 24.7. The Hall–Kier alpha value is -2.15. The summed E-state index contributed by atoms with van der Waals surface area (Å²) in [6.07, 6.45) is 0. The summed E-state index contributed by atoms with van der Waals surface area (Å²) in [6, 6.07) is 10.6. The van der Waals surface area contributed by atoms with Gasteiger partial charge in [-0.15, -0.1) is 0 Å². The number of anilines is 1. The number of benzene rings is 2. The standard InChI is InChI=1S/C18H18Cl2FN3O2/c1-24(10-12-2-3-13(19)8-16(12)20)11-18(26)22-9-17(25)23-15-6-4-14(21)5-7-15/h2-8H,9-11H2,1H3,(H,22,26)(H,23,25)/p+1. The van der Waals surface area contributed by atoms with E-state index in [2.05, 4.69) is 10.6 Å². The molecule has 138 valence electrons. The van der Waals surface area contributed by atoms with Gasteiger partial charge in [-0.3, -0.25) is 9.59 Å². The van der Waals surface area contributed by atoms with Crippen LogP contribution in [0, 0.1) is 5.82 Å². The number of carbonyl (C=O) groups is 2. The fraction of sp³-hybridized carbons (Fsp3) is 0.222. The molecule has 5 nitrogen and oxygen atoms in total. The first-order valence-corrected chi connectivity index (χ1v) is 8.66. The third-order valence-electron chi connectivity index (χ3n) is 3.54. The molecule has 1 unspecified atom stereocenters. The number of amides is 2. The molecular formula is C18H19Cl2FN3O2+. The van der Waals surface area contributed by atoms with Crippen LogP contribution in [0.4, 0.5) is 10.1 Å². The van der Waals surface area contributed by atoms with Gasteiger partial charge in [0.25, 0.3) is 5.91 Å². The van der Waals surface area contributed by atoms with Crippen molar-refractivity contribution in [1.29, 1.82) is 0 Å². The molecule has 0 saturated carbocycles. The van der Waals surface area contributed by atoms with Gasteiger partial charge in [-0.2, -0.15) is 0 Å². The summed E-state index contributed by atoms with van der Waals surface area (Å²) < 4.78 is 12.8. The van der Waals surface area contributed by atoms with E-state index in [1.54, 1.807) is 12.1 Å². The van der Waals surface area contributed by atoms with E-state index < -0.39 is 0 Å². The molecule has 2 rings (SSSR count). The maximum absolute atomic E-state index is 12.8. The molecule has 2 amide bonds. The van der Waals surface area contributed by atoms with Gasteiger partial charge in [0.1, 0.15) is 12.4 Å². The average Bonchev–Trinajstić information content (AvgIpc) is 2.58. The molecule has 0 radical (unpaired) electrons. The van der Waals surface area contributed by atoms with Crippen LogP contribution in [0.15, 0.2) is 42.5 Å². The van der Waals surface area contributed by atoms with Gasteiger partial charge in [-0.05, 0) is 36.4 Å². The minimum atomic E-state index is -0.386. The predicted octanol–water partition coefficient (Wildman–Crippen LogP) is 1.90. The number of nitrogens with one attached hydrogen (secondary N) is 3. The molecule has 0 aromatic heterocycles. The van der Waals surface area contributed by atoms with Crippen molar-refractivity contribution in [2.75, 3.05) is 25.5 Å². The Labute approximate surface area is 161 Å². The zero-order chi connectivity index (χ0) is 19.1. The Kier molecular flexibility index (Phi) is 7.38. The highest BCUT2D eigenvalue weighted by atomic mass is 35.5. The van der Waals surface area contributed by atoms with Crippen molar-refractivity contribution in [2.24, 2.45) is 0 Å². The Morgan fingerprint density at radius 3 is 2.42 bits per heavy atom. The van der Waals surface area contributed by atoms with Gasteiger partial charge in [0.2, 0.25) is 5.91 Å². The molecule has 2 aromatic carbocycles. The largest absolute Gasteiger partial charge is 0.342 e. The molecule has 3 N–H and O–H groups in total. The number of likely N-dealkylation sites (N-methyl/N-ethyl adjacent to an activating group) is 1. The van der Waals surface area contributed by atoms with Crippen molar-refractivity contribution in [3.63, 3.8) is 0 Å². The summed E-state index contributed by atoms with van der Waals surface area (Å²) in [6.45, 7) is 0.569. The second-order valence-corrected chi connectivity index (χ2v) is 6.72. The van der Waals surface area contributed by atoms with Crippen LogP contribution in [0.3, 0.4) is 0 Å². The zero-order valence-corrected chi connectivity index (χ0v) is 15.6. The van der Waals surface area contributed by atoms with Crippen LogP contribution in [0.2, 0.25) is 10.0 Å². The van der Waals surface area contributed by atoms with Crippen LogP contribution in [-0.2, 0) is 16.1 Å². The van der Waals surface area contributed by atoms with Gasteiger partial charge in [0.15, 0.2) is 6.54 Å². The highest BCUT2D eigenvalue weighted by Crippen LogP contribution is 2.20. The minimum Gasteiger partial charge on any atom is -0.342 e. The van der Waals surface area contributed by atoms with Crippen LogP contribution in [0.5, 0.6) is 0 Å². The van der Waals surface area contributed by atoms with Gasteiger partial charge < -0.3 is 15.5 Å².